The minimum Gasteiger partial charge on any atom is -0.493 e. The van der Waals surface area contributed by atoms with Crippen molar-refractivity contribution in [3.8, 4) is 16.9 Å². The summed E-state index contributed by atoms with van der Waals surface area (Å²) in [5.41, 5.74) is 2.84. The second-order valence-corrected chi connectivity index (χ2v) is 5.31. The number of carbonyl (C=O) groups excluding carboxylic acids is 2. The largest absolute Gasteiger partial charge is 0.493 e. The van der Waals surface area contributed by atoms with E-state index in [2.05, 4.69) is 0 Å². The molecule has 0 saturated heterocycles. The van der Waals surface area contributed by atoms with Crippen LogP contribution >= 0.6 is 0 Å². The van der Waals surface area contributed by atoms with E-state index < -0.39 is 0 Å². The average Bonchev–Trinajstić information content (AvgIpc) is 2.80. The van der Waals surface area contributed by atoms with E-state index >= 15 is 0 Å². The van der Waals surface area contributed by atoms with E-state index in [1.54, 1.807) is 13.0 Å². The maximum Gasteiger partial charge on any atom is 0.338 e. The van der Waals surface area contributed by atoms with Gasteiger partial charge in [-0.2, -0.15) is 0 Å². The van der Waals surface area contributed by atoms with Crippen LogP contribution < -0.4 is 4.74 Å². The molecule has 2 rings (SSSR count). The maximum absolute atomic E-state index is 12.2. The lowest BCUT2D eigenvalue weighted by Crippen LogP contribution is -2.04. The summed E-state index contributed by atoms with van der Waals surface area (Å²) in [5, 5.41) is 0. The number of ether oxygens (including phenoxy) is 3. The average molecular weight is 330 g/mol. The maximum atomic E-state index is 12.2. The second kappa shape index (κ2) is 8.34. The highest BCUT2D eigenvalue weighted by molar-refractivity contribution is 6.01. The predicted molar refractivity (Wildman–Crippen MR) is 90.5 cm³/mol. The van der Waals surface area contributed by atoms with Gasteiger partial charge in [-0.25, -0.2) is 4.79 Å². The molecular formula is C19H22O5. The third-order valence-electron chi connectivity index (χ3n) is 3.58. The molecule has 0 bridgehead atoms. The number of esters is 2. The SMILES string of the molecule is CCCOc1cc(C(=O)OCC)c2ccc(CC(=O)OC)ccc1-2. The minimum absolute atomic E-state index is 0.174. The fourth-order valence-electron chi connectivity index (χ4n) is 2.42. The van der Waals surface area contributed by atoms with Crippen LogP contribution in [0.25, 0.3) is 11.1 Å². The van der Waals surface area contributed by atoms with E-state index in [4.69, 9.17) is 14.2 Å². The second-order valence-electron chi connectivity index (χ2n) is 5.31. The molecule has 0 saturated carbocycles. The first kappa shape index (κ1) is 17.8. The monoisotopic (exact) mass is 330 g/mol. The van der Waals surface area contributed by atoms with E-state index in [9.17, 15) is 9.59 Å². The lowest BCUT2D eigenvalue weighted by atomic mass is 10.1. The fraction of sp³-hybridized carbons (Fsp3) is 0.368. The molecule has 0 aliphatic heterocycles. The molecule has 0 heterocycles. The molecule has 2 aliphatic carbocycles. The summed E-state index contributed by atoms with van der Waals surface area (Å²) in [6.45, 7) is 4.66. The first-order chi connectivity index (χ1) is 11.6. The van der Waals surface area contributed by atoms with Gasteiger partial charge in [-0.3, -0.25) is 4.79 Å². The Labute approximate surface area is 141 Å². The van der Waals surface area contributed by atoms with E-state index in [1.165, 1.54) is 7.11 Å². The molecule has 0 N–H and O–H groups in total. The molecule has 0 fully saturated rings. The molecule has 5 heteroatoms. The Balaban J connectivity index is 2.46. The van der Waals surface area contributed by atoms with Crippen molar-refractivity contribution in [3.05, 3.63) is 41.5 Å². The van der Waals surface area contributed by atoms with Crippen molar-refractivity contribution in [1.29, 1.82) is 0 Å². The van der Waals surface area contributed by atoms with Crippen molar-refractivity contribution in [2.75, 3.05) is 20.3 Å². The molecule has 24 heavy (non-hydrogen) atoms. The summed E-state index contributed by atoms with van der Waals surface area (Å²) in [4.78, 5) is 23.7. The van der Waals surface area contributed by atoms with Crippen LogP contribution in [0.15, 0.2) is 30.3 Å². The molecule has 0 radical (unpaired) electrons. The Morgan fingerprint density at radius 2 is 1.75 bits per heavy atom. The van der Waals surface area contributed by atoms with Gasteiger partial charge in [0.15, 0.2) is 0 Å². The highest BCUT2D eigenvalue weighted by Gasteiger charge is 2.22. The Bertz CT molecular complexity index is 692. The number of carbonyl (C=O) groups is 2. The Morgan fingerprint density at radius 3 is 2.38 bits per heavy atom. The van der Waals surface area contributed by atoms with Gasteiger partial charge in [0.2, 0.25) is 0 Å². The normalized spacial score (nSPS) is 10.5. The minimum atomic E-state index is -0.380. The van der Waals surface area contributed by atoms with Crippen LogP contribution in [0.4, 0.5) is 0 Å². The Morgan fingerprint density at radius 1 is 1.04 bits per heavy atom. The van der Waals surface area contributed by atoms with Crippen LogP contribution in [0.2, 0.25) is 0 Å². The van der Waals surface area contributed by atoms with Gasteiger partial charge in [0, 0.05) is 11.1 Å². The van der Waals surface area contributed by atoms with Gasteiger partial charge in [0.25, 0.3) is 0 Å². The predicted octanol–water partition coefficient (Wildman–Crippen LogP) is 3.47. The van der Waals surface area contributed by atoms with Gasteiger partial charge in [-0.1, -0.05) is 31.2 Å². The summed E-state index contributed by atoms with van der Waals surface area (Å²) in [6, 6.07) is 9.05. The molecular weight excluding hydrogens is 308 g/mol. The molecule has 5 nitrogen and oxygen atoms in total. The highest BCUT2D eigenvalue weighted by atomic mass is 16.5. The van der Waals surface area contributed by atoms with Gasteiger partial charge in [0.05, 0.1) is 32.3 Å². The zero-order valence-corrected chi connectivity index (χ0v) is 14.3. The summed E-state index contributed by atoms with van der Waals surface area (Å²) in [5.74, 6) is -0.0429. The lowest BCUT2D eigenvalue weighted by molar-refractivity contribution is -0.139. The number of fused-ring (bicyclic) bond motifs is 1. The zero-order chi connectivity index (χ0) is 17.5. The Hall–Kier alpha value is -2.56. The molecule has 0 amide bonds. The first-order valence-corrected chi connectivity index (χ1v) is 8.03. The van der Waals surface area contributed by atoms with Crippen LogP contribution in [-0.4, -0.2) is 32.3 Å². The molecule has 128 valence electrons. The highest BCUT2D eigenvalue weighted by Crippen LogP contribution is 2.38. The van der Waals surface area contributed by atoms with Crippen molar-refractivity contribution in [1.82, 2.24) is 0 Å². The smallest absolute Gasteiger partial charge is 0.338 e. The Kier molecular flexibility index (Phi) is 6.18. The fourth-order valence-corrected chi connectivity index (χ4v) is 2.42. The van der Waals surface area contributed by atoms with Gasteiger partial charge >= 0.3 is 11.9 Å². The third kappa shape index (κ3) is 4.04. The third-order valence-corrected chi connectivity index (χ3v) is 3.58. The van der Waals surface area contributed by atoms with Crippen LogP contribution in [0.3, 0.4) is 0 Å². The molecule has 2 aliphatic rings. The van der Waals surface area contributed by atoms with E-state index in [0.29, 0.717) is 24.5 Å². The lowest BCUT2D eigenvalue weighted by Gasteiger charge is -2.03. The standard InChI is InChI=1S/C19H22O5/c1-4-10-24-17-12-16(19(21)23-5-2)14-8-6-13(7-9-15(14)17)11-18(20)22-3/h6-9,12H,4-5,10-11H2,1-3H3. The van der Waals surface area contributed by atoms with Crippen LogP contribution in [-0.2, 0) is 20.7 Å². The summed E-state index contributed by atoms with van der Waals surface area (Å²) in [6.07, 6.45) is 1.04. The molecule has 0 aromatic carbocycles. The molecule has 0 atom stereocenters. The van der Waals surface area contributed by atoms with Crippen molar-refractivity contribution < 1.29 is 23.8 Å². The summed E-state index contributed by atoms with van der Waals surface area (Å²) >= 11 is 0. The van der Waals surface area contributed by atoms with E-state index in [-0.39, 0.29) is 18.4 Å². The molecule has 0 spiro atoms. The van der Waals surface area contributed by atoms with Gasteiger partial charge in [0.1, 0.15) is 5.75 Å². The van der Waals surface area contributed by atoms with Crippen molar-refractivity contribution in [3.63, 3.8) is 0 Å². The van der Waals surface area contributed by atoms with Crippen LogP contribution in [0, 0.1) is 0 Å². The molecule has 0 aromatic heterocycles. The summed E-state index contributed by atoms with van der Waals surface area (Å²) in [7, 11) is 1.36. The number of hydrogen-bond acceptors (Lipinski definition) is 5. The van der Waals surface area contributed by atoms with Gasteiger partial charge < -0.3 is 14.2 Å². The number of methoxy groups -OCH3 is 1. The van der Waals surface area contributed by atoms with Gasteiger partial charge in [-0.05, 0) is 25.0 Å². The van der Waals surface area contributed by atoms with Crippen LogP contribution in [0.1, 0.15) is 36.2 Å². The first-order valence-electron chi connectivity index (χ1n) is 8.03. The quantitative estimate of drug-likeness (QED) is 0.727. The molecule has 0 unspecified atom stereocenters. The van der Waals surface area contributed by atoms with Crippen molar-refractivity contribution >= 4 is 11.9 Å². The summed E-state index contributed by atoms with van der Waals surface area (Å²) < 4.78 is 15.6. The van der Waals surface area contributed by atoms with Crippen molar-refractivity contribution in [2.24, 2.45) is 0 Å². The number of hydrogen-bond donors (Lipinski definition) is 0. The topological polar surface area (TPSA) is 61.8 Å². The van der Waals surface area contributed by atoms with E-state index in [0.717, 1.165) is 23.1 Å². The van der Waals surface area contributed by atoms with Crippen molar-refractivity contribution in [2.45, 2.75) is 26.7 Å². The van der Waals surface area contributed by atoms with E-state index in [1.807, 2.05) is 31.2 Å². The number of rotatable bonds is 7. The van der Waals surface area contributed by atoms with Gasteiger partial charge in [-0.15, -0.1) is 0 Å². The zero-order valence-electron chi connectivity index (χ0n) is 14.3. The molecule has 0 aromatic rings. The van der Waals surface area contributed by atoms with Crippen LogP contribution in [0.5, 0.6) is 5.75 Å².